The lowest BCUT2D eigenvalue weighted by atomic mass is 9.75. The molecule has 1 N–H and O–H groups in total. The maximum absolute atomic E-state index is 11.4. The number of hydrogen-bond acceptors (Lipinski definition) is 3. The number of rotatable bonds is 2. The molecule has 0 amide bonds. The van der Waals surface area contributed by atoms with Crippen LogP contribution in [0.4, 0.5) is 0 Å². The summed E-state index contributed by atoms with van der Waals surface area (Å²) in [6.45, 7) is 2.12. The van der Waals surface area contributed by atoms with Crippen LogP contribution in [0.15, 0.2) is 24.3 Å². The first-order valence-corrected chi connectivity index (χ1v) is 7.69. The Morgan fingerprint density at radius 3 is 2.95 bits per heavy atom. The lowest BCUT2D eigenvalue weighted by Gasteiger charge is -2.36. The molecular weight excluding hydrogens is 250 g/mol. The molecule has 1 aromatic rings. The van der Waals surface area contributed by atoms with Gasteiger partial charge in [0.2, 0.25) is 0 Å². The molecule has 0 radical (unpaired) electrons. The number of benzene rings is 1. The van der Waals surface area contributed by atoms with Crippen LogP contribution in [0.5, 0.6) is 5.75 Å². The molecule has 2 fully saturated rings. The highest BCUT2D eigenvalue weighted by Gasteiger charge is 2.47. The Morgan fingerprint density at radius 1 is 1.30 bits per heavy atom. The molecule has 110 valence electrons. The highest BCUT2D eigenvalue weighted by Crippen LogP contribution is 2.46. The summed E-state index contributed by atoms with van der Waals surface area (Å²) in [5, 5.41) is 11.4. The SMILES string of the molecule is COc1cccc(C2(O)CCCCC3CN(C)CC32)c1. The van der Waals surface area contributed by atoms with Crippen LogP contribution in [0, 0.1) is 11.8 Å². The van der Waals surface area contributed by atoms with Crippen molar-refractivity contribution >= 4 is 0 Å². The third-order valence-corrected chi connectivity index (χ3v) is 5.19. The van der Waals surface area contributed by atoms with E-state index in [1.165, 1.54) is 12.8 Å². The van der Waals surface area contributed by atoms with E-state index in [4.69, 9.17) is 4.74 Å². The standard InChI is InChI=1S/C17H25NO2/c1-18-11-13-6-3-4-9-17(19,16(13)12-18)14-7-5-8-15(10-14)20-2/h5,7-8,10,13,16,19H,3-4,6,9,11-12H2,1-2H3. The molecule has 3 nitrogen and oxygen atoms in total. The summed E-state index contributed by atoms with van der Waals surface area (Å²) in [6.07, 6.45) is 4.47. The molecule has 0 spiro atoms. The number of nitrogens with zero attached hydrogens (tertiary/aromatic N) is 1. The number of ether oxygens (including phenoxy) is 1. The smallest absolute Gasteiger partial charge is 0.119 e. The third-order valence-electron chi connectivity index (χ3n) is 5.19. The molecule has 3 rings (SSSR count). The van der Waals surface area contributed by atoms with Gasteiger partial charge in [-0.05, 0) is 43.5 Å². The highest BCUT2D eigenvalue weighted by atomic mass is 16.5. The first kappa shape index (κ1) is 13.9. The summed E-state index contributed by atoms with van der Waals surface area (Å²) in [5.41, 5.74) is 0.338. The Kier molecular flexibility index (Phi) is 3.74. The zero-order chi connectivity index (χ0) is 14.2. The van der Waals surface area contributed by atoms with Crippen molar-refractivity contribution in [3.63, 3.8) is 0 Å². The van der Waals surface area contributed by atoms with Crippen molar-refractivity contribution in [3.05, 3.63) is 29.8 Å². The largest absolute Gasteiger partial charge is 0.497 e. The van der Waals surface area contributed by atoms with Gasteiger partial charge in [0, 0.05) is 19.0 Å². The van der Waals surface area contributed by atoms with Crippen molar-refractivity contribution in [2.24, 2.45) is 11.8 Å². The van der Waals surface area contributed by atoms with E-state index in [2.05, 4.69) is 18.0 Å². The highest BCUT2D eigenvalue weighted by molar-refractivity contribution is 5.33. The molecule has 1 aliphatic heterocycles. The minimum atomic E-state index is -0.694. The fraction of sp³-hybridized carbons (Fsp3) is 0.647. The van der Waals surface area contributed by atoms with E-state index in [-0.39, 0.29) is 0 Å². The topological polar surface area (TPSA) is 32.7 Å². The van der Waals surface area contributed by atoms with Crippen LogP contribution in [0.2, 0.25) is 0 Å². The summed E-state index contributed by atoms with van der Waals surface area (Å²) in [5.74, 6) is 1.81. The average molecular weight is 275 g/mol. The molecule has 1 aromatic carbocycles. The van der Waals surface area contributed by atoms with Gasteiger partial charge in [0.15, 0.2) is 0 Å². The van der Waals surface area contributed by atoms with Gasteiger partial charge in [-0.3, -0.25) is 0 Å². The van der Waals surface area contributed by atoms with Gasteiger partial charge in [-0.2, -0.15) is 0 Å². The second kappa shape index (κ2) is 5.38. The van der Waals surface area contributed by atoms with Gasteiger partial charge < -0.3 is 14.7 Å². The summed E-state index contributed by atoms with van der Waals surface area (Å²) in [6, 6.07) is 8.01. The molecule has 3 unspecified atom stereocenters. The summed E-state index contributed by atoms with van der Waals surface area (Å²) < 4.78 is 5.33. The quantitative estimate of drug-likeness (QED) is 0.900. The Labute approximate surface area is 121 Å². The Hall–Kier alpha value is -1.06. The lowest BCUT2D eigenvalue weighted by molar-refractivity contribution is -0.0368. The summed E-state index contributed by atoms with van der Waals surface area (Å²) in [7, 11) is 3.85. The average Bonchev–Trinajstić information content (AvgIpc) is 2.78. The van der Waals surface area contributed by atoms with Crippen LogP contribution in [0.1, 0.15) is 31.2 Å². The Morgan fingerprint density at radius 2 is 2.15 bits per heavy atom. The number of aliphatic hydroxyl groups is 1. The van der Waals surface area contributed by atoms with Gasteiger partial charge in [0.1, 0.15) is 5.75 Å². The number of likely N-dealkylation sites (tertiary alicyclic amines) is 1. The zero-order valence-corrected chi connectivity index (χ0v) is 12.5. The van der Waals surface area contributed by atoms with Gasteiger partial charge in [-0.1, -0.05) is 25.0 Å². The van der Waals surface area contributed by atoms with Crippen molar-refractivity contribution in [2.75, 3.05) is 27.2 Å². The molecule has 3 heteroatoms. The normalized spacial score (nSPS) is 34.5. The van der Waals surface area contributed by atoms with Gasteiger partial charge >= 0.3 is 0 Å². The second-order valence-electron chi connectivity index (χ2n) is 6.49. The van der Waals surface area contributed by atoms with E-state index in [1.54, 1.807) is 7.11 Å². The van der Waals surface area contributed by atoms with Gasteiger partial charge in [0.05, 0.1) is 12.7 Å². The fourth-order valence-electron chi connectivity index (χ4n) is 4.16. The number of fused-ring (bicyclic) bond motifs is 1. The second-order valence-corrected chi connectivity index (χ2v) is 6.49. The summed E-state index contributed by atoms with van der Waals surface area (Å²) >= 11 is 0. The van der Waals surface area contributed by atoms with E-state index in [9.17, 15) is 5.11 Å². The van der Waals surface area contributed by atoms with Crippen LogP contribution in [-0.4, -0.2) is 37.3 Å². The first-order chi connectivity index (χ1) is 9.63. The number of methoxy groups -OCH3 is 1. The molecule has 2 aliphatic rings. The third kappa shape index (κ3) is 2.33. The van der Waals surface area contributed by atoms with E-state index in [0.717, 1.165) is 37.2 Å². The maximum Gasteiger partial charge on any atom is 0.119 e. The van der Waals surface area contributed by atoms with Crippen LogP contribution in [0.25, 0.3) is 0 Å². The molecule has 3 atom stereocenters. The van der Waals surface area contributed by atoms with Gasteiger partial charge in [-0.25, -0.2) is 0 Å². The number of hydrogen-bond donors (Lipinski definition) is 1. The maximum atomic E-state index is 11.4. The first-order valence-electron chi connectivity index (χ1n) is 7.69. The van der Waals surface area contributed by atoms with Crippen molar-refractivity contribution in [1.29, 1.82) is 0 Å². The molecule has 0 bridgehead atoms. The predicted molar refractivity (Wildman–Crippen MR) is 79.8 cm³/mol. The lowest BCUT2D eigenvalue weighted by Crippen LogP contribution is -2.38. The van der Waals surface area contributed by atoms with E-state index < -0.39 is 5.60 Å². The van der Waals surface area contributed by atoms with Crippen molar-refractivity contribution in [3.8, 4) is 5.75 Å². The Bertz CT molecular complexity index is 476. The van der Waals surface area contributed by atoms with Crippen LogP contribution in [0.3, 0.4) is 0 Å². The fourth-order valence-corrected chi connectivity index (χ4v) is 4.16. The van der Waals surface area contributed by atoms with Crippen molar-refractivity contribution in [2.45, 2.75) is 31.3 Å². The van der Waals surface area contributed by atoms with Gasteiger partial charge in [0.25, 0.3) is 0 Å². The summed E-state index contributed by atoms with van der Waals surface area (Å²) in [4.78, 5) is 2.37. The Balaban J connectivity index is 1.98. The van der Waals surface area contributed by atoms with Crippen LogP contribution >= 0.6 is 0 Å². The molecule has 1 saturated heterocycles. The predicted octanol–water partition coefficient (Wildman–Crippen LogP) is 2.63. The van der Waals surface area contributed by atoms with Crippen LogP contribution < -0.4 is 4.74 Å². The molecule has 20 heavy (non-hydrogen) atoms. The van der Waals surface area contributed by atoms with E-state index >= 15 is 0 Å². The van der Waals surface area contributed by atoms with Gasteiger partial charge in [-0.15, -0.1) is 0 Å². The van der Waals surface area contributed by atoms with E-state index in [1.807, 2.05) is 18.2 Å². The molecular formula is C17H25NO2. The molecule has 0 aromatic heterocycles. The van der Waals surface area contributed by atoms with Crippen molar-refractivity contribution in [1.82, 2.24) is 4.90 Å². The molecule has 1 saturated carbocycles. The van der Waals surface area contributed by atoms with Crippen molar-refractivity contribution < 1.29 is 9.84 Å². The molecule has 1 aliphatic carbocycles. The van der Waals surface area contributed by atoms with Crippen LogP contribution in [-0.2, 0) is 5.60 Å². The minimum Gasteiger partial charge on any atom is -0.497 e. The van der Waals surface area contributed by atoms with E-state index in [0.29, 0.717) is 11.8 Å². The monoisotopic (exact) mass is 275 g/mol. The molecule has 1 heterocycles. The minimum absolute atomic E-state index is 0.349. The zero-order valence-electron chi connectivity index (χ0n) is 12.5.